The average Bonchev–Trinajstić information content (AvgIpc) is 2.81. The lowest BCUT2D eigenvalue weighted by Gasteiger charge is -2.17. The fourth-order valence-corrected chi connectivity index (χ4v) is 3.22. The van der Waals surface area contributed by atoms with Gasteiger partial charge in [-0.25, -0.2) is 4.99 Å². The Kier molecular flexibility index (Phi) is 4.58. The topological polar surface area (TPSA) is 52.9 Å². The zero-order chi connectivity index (χ0) is 20.6. The summed E-state index contributed by atoms with van der Waals surface area (Å²) in [5, 5.41) is 9.67. The number of carbonyl (C=O) groups is 1. The highest BCUT2D eigenvalue weighted by atomic mass is 19.4. The number of aliphatic hydroxyl groups excluding tert-OH is 1. The molecule has 0 saturated carbocycles. The van der Waals surface area contributed by atoms with Crippen LogP contribution < -0.4 is 4.90 Å². The van der Waals surface area contributed by atoms with Gasteiger partial charge in [0.1, 0.15) is 11.5 Å². The standard InChI is InChI=1S/C22H15F3N2O2/c23-22(24,25)14-5-3-6-15(13-14)26-20-18-9-1-2-10-19(18)27(21(20)29)16-7-4-8-17(28)12-11-16/h1-3,5-13,28H,4H2. The summed E-state index contributed by atoms with van der Waals surface area (Å²) in [4.78, 5) is 18.9. The number of benzene rings is 2. The lowest BCUT2D eigenvalue weighted by molar-refractivity contribution is -0.137. The Bertz CT molecular complexity index is 1110. The van der Waals surface area contributed by atoms with E-state index >= 15 is 0 Å². The van der Waals surface area contributed by atoms with Crippen molar-refractivity contribution < 1.29 is 23.1 Å². The largest absolute Gasteiger partial charge is 0.508 e. The minimum Gasteiger partial charge on any atom is -0.508 e. The first-order chi connectivity index (χ1) is 13.8. The van der Waals surface area contributed by atoms with E-state index in [1.165, 1.54) is 23.1 Å². The van der Waals surface area contributed by atoms with Crippen LogP contribution in [0.3, 0.4) is 0 Å². The van der Waals surface area contributed by atoms with Crippen LogP contribution >= 0.6 is 0 Å². The number of anilines is 1. The molecule has 1 amide bonds. The fraction of sp³-hybridized carbons (Fsp3) is 0.0909. The molecule has 1 aliphatic carbocycles. The quantitative estimate of drug-likeness (QED) is 0.733. The third-order valence-corrected chi connectivity index (χ3v) is 4.56. The number of hydrogen-bond donors (Lipinski definition) is 1. The number of allylic oxidation sites excluding steroid dienone is 4. The number of amides is 1. The van der Waals surface area contributed by atoms with Crippen LogP contribution in [-0.2, 0) is 11.0 Å². The summed E-state index contributed by atoms with van der Waals surface area (Å²) in [5.74, 6) is -0.352. The maximum atomic E-state index is 13.2. The van der Waals surface area contributed by atoms with Crippen molar-refractivity contribution in [3.63, 3.8) is 0 Å². The number of rotatable bonds is 2. The number of alkyl halides is 3. The van der Waals surface area contributed by atoms with Gasteiger partial charge < -0.3 is 5.11 Å². The molecule has 0 spiro atoms. The molecule has 2 aliphatic rings. The molecule has 0 atom stereocenters. The Morgan fingerprint density at radius 3 is 2.59 bits per heavy atom. The molecule has 1 N–H and O–H groups in total. The smallest absolute Gasteiger partial charge is 0.416 e. The summed E-state index contributed by atoms with van der Waals surface area (Å²) in [6.07, 6.45) is 2.41. The van der Waals surface area contributed by atoms with Crippen molar-refractivity contribution in [3.05, 3.63) is 95.4 Å². The molecule has 146 valence electrons. The molecule has 0 radical (unpaired) electrons. The van der Waals surface area contributed by atoms with Crippen molar-refractivity contribution >= 4 is 23.0 Å². The molecule has 2 aromatic carbocycles. The second-order valence-electron chi connectivity index (χ2n) is 6.49. The zero-order valence-corrected chi connectivity index (χ0v) is 15.0. The summed E-state index contributed by atoms with van der Waals surface area (Å²) in [6, 6.07) is 11.5. The van der Waals surface area contributed by atoms with Crippen LogP contribution in [0.25, 0.3) is 0 Å². The van der Waals surface area contributed by atoms with E-state index in [9.17, 15) is 23.1 Å². The Morgan fingerprint density at radius 1 is 1.00 bits per heavy atom. The lowest BCUT2D eigenvalue weighted by atomic mass is 10.1. The van der Waals surface area contributed by atoms with Gasteiger partial charge >= 0.3 is 6.18 Å². The van der Waals surface area contributed by atoms with E-state index < -0.39 is 17.6 Å². The molecule has 0 saturated heterocycles. The summed E-state index contributed by atoms with van der Waals surface area (Å²) in [6.45, 7) is 0. The number of fused-ring (bicyclic) bond motifs is 1. The summed E-state index contributed by atoms with van der Waals surface area (Å²) < 4.78 is 39.0. The number of nitrogens with zero attached hydrogens (tertiary/aromatic N) is 2. The van der Waals surface area contributed by atoms with E-state index in [4.69, 9.17) is 0 Å². The molecule has 4 rings (SSSR count). The second-order valence-corrected chi connectivity index (χ2v) is 6.49. The second kappa shape index (κ2) is 7.09. The molecule has 0 bridgehead atoms. The third-order valence-electron chi connectivity index (χ3n) is 4.56. The van der Waals surface area contributed by atoms with Gasteiger partial charge in [-0.3, -0.25) is 9.69 Å². The monoisotopic (exact) mass is 396 g/mol. The molecule has 4 nitrogen and oxygen atoms in total. The Labute approximate surface area is 164 Å². The maximum Gasteiger partial charge on any atom is 0.416 e. The number of aliphatic imine (C=N–C) groups is 1. The Hall–Kier alpha value is -3.61. The zero-order valence-electron chi connectivity index (χ0n) is 15.0. The van der Waals surface area contributed by atoms with Crippen molar-refractivity contribution in [2.75, 3.05) is 4.90 Å². The number of halogens is 3. The van der Waals surface area contributed by atoms with Gasteiger partial charge in [0.2, 0.25) is 0 Å². The minimum atomic E-state index is -4.50. The van der Waals surface area contributed by atoms with Gasteiger partial charge in [-0.05, 0) is 48.9 Å². The summed E-state index contributed by atoms with van der Waals surface area (Å²) in [7, 11) is 0. The van der Waals surface area contributed by atoms with E-state index in [1.807, 2.05) is 0 Å². The Morgan fingerprint density at radius 2 is 1.79 bits per heavy atom. The third kappa shape index (κ3) is 3.59. The van der Waals surface area contributed by atoms with Gasteiger partial charge in [0.15, 0.2) is 0 Å². The summed E-state index contributed by atoms with van der Waals surface area (Å²) in [5.41, 5.74) is 0.953. The molecule has 7 heteroatoms. The molecule has 0 unspecified atom stereocenters. The first-order valence-corrected chi connectivity index (χ1v) is 8.82. The van der Waals surface area contributed by atoms with Gasteiger partial charge in [0.25, 0.3) is 5.91 Å². The Balaban J connectivity index is 1.79. The molecule has 29 heavy (non-hydrogen) atoms. The fourth-order valence-electron chi connectivity index (χ4n) is 3.22. The predicted octanol–water partition coefficient (Wildman–Crippen LogP) is 5.46. The average molecular weight is 396 g/mol. The van der Waals surface area contributed by atoms with Crippen LogP contribution in [0.4, 0.5) is 24.5 Å². The number of hydrogen-bond acceptors (Lipinski definition) is 3. The van der Waals surface area contributed by atoms with Gasteiger partial charge in [0, 0.05) is 11.3 Å². The molecule has 2 aromatic rings. The highest BCUT2D eigenvalue weighted by molar-refractivity contribution is 6.55. The molecule has 0 aromatic heterocycles. The van der Waals surface area contributed by atoms with E-state index in [1.54, 1.807) is 42.5 Å². The van der Waals surface area contributed by atoms with Crippen molar-refractivity contribution in [2.45, 2.75) is 12.6 Å². The first-order valence-electron chi connectivity index (χ1n) is 8.82. The van der Waals surface area contributed by atoms with Gasteiger partial charge in [-0.1, -0.05) is 30.3 Å². The highest BCUT2D eigenvalue weighted by Gasteiger charge is 2.36. The SMILES string of the molecule is O=C1C(=Nc2cccc(C(F)(F)F)c2)c2ccccc2N1C1=CCC=C(O)C=C1. The highest BCUT2D eigenvalue weighted by Crippen LogP contribution is 2.36. The van der Waals surface area contributed by atoms with E-state index in [0.717, 1.165) is 12.1 Å². The maximum absolute atomic E-state index is 13.2. The van der Waals surface area contributed by atoms with Gasteiger partial charge in [0.05, 0.1) is 16.9 Å². The molecule has 0 fully saturated rings. The van der Waals surface area contributed by atoms with Gasteiger partial charge in [-0.15, -0.1) is 0 Å². The number of para-hydroxylation sites is 1. The van der Waals surface area contributed by atoms with E-state index in [2.05, 4.69) is 4.99 Å². The van der Waals surface area contributed by atoms with Crippen LogP contribution in [0.2, 0.25) is 0 Å². The summed E-state index contributed by atoms with van der Waals surface area (Å²) >= 11 is 0. The van der Waals surface area contributed by atoms with Crippen LogP contribution in [-0.4, -0.2) is 16.7 Å². The van der Waals surface area contributed by atoms with Gasteiger partial charge in [-0.2, -0.15) is 13.2 Å². The first kappa shape index (κ1) is 18.7. The van der Waals surface area contributed by atoms with Crippen LogP contribution in [0.5, 0.6) is 0 Å². The normalized spacial score (nSPS) is 17.8. The number of aliphatic hydroxyl groups is 1. The molecule has 1 aliphatic heterocycles. The van der Waals surface area contributed by atoms with E-state index in [0.29, 0.717) is 23.4 Å². The van der Waals surface area contributed by atoms with Crippen LogP contribution in [0, 0.1) is 0 Å². The van der Waals surface area contributed by atoms with Crippen LogP contribution in [0.1, 0.15) is 17.5 Å². The van der Waals surface area contributed by atoms with Crippen molar-refractivity contribution in [1.29, 1.82) is 0 Å². The van der Waals surface area contributed by atoms with Crippen molar-refractivity contribution in [1.82, 2.24) is 0 Å². The van der Waals surface area contributed by atoms with Crippen molar-refractivity contribution in [2.24, 2.45) is 4.99 Å². The van der Waals surface area contributed by atoms with E-state index in [-0.39, 0.29) is 17.2 Å². The molecular formula is C22H15F3N2O2. The predicted molar refractivity (Wildman–Crippen MR) is 104 cm³/mol. The molecule has 1 heterocycles. The lowest BCUT2D eigenvalue weighted by Crippen LogP contribution is -2.28. The van der Waals surface area contributed by atoms with Crippen LogP contribution in [0.15, 0.2) is 89.3 Å². The molecular weight excluding hydrogens is 381 g/mol. The minimum absolute atomic E-state index is 0.0459. The number of carbonyl (C=O) groups excluding carboxylic acids is 1. The van der Waals surface area contributed by atoms with Crippen molar-refractivity contribution in [3.8, 4) is 0 Å².